The molecule has 0 amide bonds. The minimum Gasteiger partial charge on any atom is -0.434 e. The highest BCUT2D eigenvalue weighted by Crippen LogP contribution is 2.34. The third kappa shape index (κ3) is 8.55. The Morgan fingerprint density at radius 2 is 1.90 bits per heavy atom. The molecule has 172 valence electrons. The van der Waals surface area contributed by atoms with Gasteiger partial charge in [-0.2, -0.15) is 22.0 Å². The molecule has 0 saturated carbocycles. The molecule has 3 nitrogen and oxygen atoms in total. The van der Waals surface area contributed by atoms with E-state index in [1.807, 2.05) is 16.7 Å². The van der Waals surface area contributed by atoms with E-state index in [1.54, 1.807) is 26.0 Å². The van der Waals surface area contributed by atoms with Crippen LogP contribution in [0.15, 0.2) is 53.8 Å². The Morgan fingerprint density at radius 3 is 2.45 bits per heavy atom. The maximum atomic E-state index is 13.1. The average Bonchev–Trinajstić information content (AvgIpc) is 2.64. The van der Waals surface area contributed by atoms with E-state index < -0.39 is 24.1 Å². The number of hydrogen-bond acceptors (Lipinski definition) is 2. The number of ether oxygens (including phenoxy) is 1. The van der Waals surface area contributed by atoms with Gasteiger partial charge < -0.3 is 10.5 Å². The molecule has 0 saturated heterocycles. The van der Waals surface area contributed by atoms with Gasteiger partial charge in [-0.15, -0.1) is 0 Å². The zero-order valence-corrected chi connectivity index (χ0v) is 18.3. The van der Waals surface area contributed by atoms with Crippen molar-refractivity contribution < 1.29 is 31.3 Å². The molecule has 1 aromatic rings. The van der Waals surface area contributed by atoms with Gasteiger partial charge in [-0.1, -0.05) is 38.5 Å². The Morgan fingerprint density at radius 1 is 1.26 bits per heavy atom. The summed E-state index contributed by atoms with van der Waals surface area (Å²) in [6.45, 7) is 5.40. The molecule has 1 heterocycles. The van der Waals surface area contributed by atoms with Gasteiger partial charge in [0.2, 0.25) is 5.71 Å². The summed E-state index contributed by atoms with van der Waals surface area (Å²) in [5.74, 6) is -0.518. The van der Waals surface area contributed by atoms with Crippen LogP contribution in [-0.4, -0.2) is 30.0 Å². The van der Waals surface area contributed by atoms with Crippen LogP contribution in [0.25, 0.3) is 0 Å². The SMILES string of the molecule is C/C(N)=C\C[N+]1=C(c2ccc(C(F)(F)F)cc2OC(F)F)/C(C)=C/C=C\CC1.CCC. The molecule has 31 heavy (non-hydrogen) atoms. The summed E-state index contributed by atoms with van der Waals surface area (Å²) < 4.78 is 71.3. The van der Waals surface area contributed by atoms with Crippen LogP contribution in [0.2, 0.25) is 0 Å². The predicted molar refractivity (Wildman–Crippen MR) is 114 cm³/mol. The summed E-state index contributed by atoms with van der Waals surface area (Å²) in [4.78, 5) is 0. The second-order valence-corrected chi connectivity index (χ2v) is 7.10. The van der Waals surface area contributed by atoms with Gasteiger partial charge in [0.15, 0.2) is 6.54 Å². The molecular weight excluding hydrogens is 415 g/mol. The zero-order chi connectivity index (χ0) is 23.6. The Balaban J connectivity index is 0.00000151. The molecule has 0 aliphatic carbocycles. The number of allylic oxidation sites excluding steroid dienone is 4. The highest BCUT2D eigenvalue weighted by atomic mass is 19.4. The lowest BCUT2D eigenvalue weighted by Crippen LogP contribution is -2.27. The van der Waals surface area contributed by atoms with Crippen LogP contribution in [0.1, 0.15) is 51.7 Å². The monoisotopic (exact) mass is 445 g/mol. The van der Waals surface area contributed by atoms with E-state index in [0.29, 0.717) is 42.6 Å². The van der Waals surface area contributed by atoms with Crippen LogP contribution >= 0.6 is 0 Å². The van der Waals surface area contributed by atoms with Gasteiger partial charge in [-0.05, 0) is 38.1 Å². The van der Waals surface area contributed by atoms with Gasteiger partial charge in [0, 0.05) is 17.7 Å². The van der Waals surface area contributed by atoms with Crippen molar-refractivity contribution in [3.63, 3.8) is 0 Å². The molecule has 2 rings (SSSR count). The molecule has 0 radical (unpaired) electrons. The predicted octanol–water partition coefficient (Wildman–Crippen LogP) is 6.29. The lowest BCUT2D eigenvalue weighted by Gasteiger charge is -2.17. The fraction of sp³-hybridized carbons (Fsp3) is 0.435. The number of benzene rings is 1. The van der Waals surface area contributed by atoms with E-state index >= 15 is 0 Å². The first-order chi connectivity index (χ1) is 14.5. The van der Waals surface area contributed by atoms with Gasteiger partial charge >= 0.3 is 12.8 Å². The standard InChI is InChI=1S/C20H22F5N2O.C3H8/c1-13-6-4-3-5-10-27(11-9-14(2)26)18(13)16-8-7-15(20(23,24)25)12-17(16)28-19(21)22;1-3-2/h3-4,6-9,12,19H,5,10-11,26H2,1-2H3;3H2,1-2H3/q+1;/b4-3-,13-6+,14-9+,27-18?;. The molecule has 0 atom stereocenters. The summed E-state index contributed by atoms with van der Waals surface area (Å²) in [6.07, 6.45) is 4.58. The van der Waals surface area contributed by atoms with Gasteiger partial charge in [-0.25, -0.2) is 4.58 Å². The Labute approximate surface area is 180 Å². The zero-order valence-electron chi connectivity index (χ0n) is 18.3. The van der Waals surface area contributed by atoms with Crippen molar-refractivity contribution in [2.24, 2.45) is 5.73 Å². The van der Waals surface area contributed by atoms with Crippen LogP contribution in [0.4, 0.5) is 22.0 Å². The van der Waals surface area contributed by atoms with Crippen molar-refractivity contribution in [3.8, 4) is 5.75 Å². The van der Waals surface area contributed by atoms with E-state index in [9.17, 15) is 22.0 Å². The molecule has 0 spiro atoms. The van der Waals surface area contributed by atoms with Gasteiger partial charge in [0.25, 0.3) is 0 Å². The first-order valence-electron chi connectivity index (χ1n) is 10.1. The lowest BCUT2D eigenvalue weighted by molar-refractivity contribution is -0.516. The summed E-state index contributed by atoms with van der Waals surface area (Å²) >= 11 is 0. The Hall–Kier alpha value is -2.64. The third-order valence-electron chi connectivity index (χ3n) is 4.15. The second-order valence-electron chi connectivity index (χ2n) is 7.10. The smallest absolute Gasteiger partial charge is 0.416 e. The van der Waals surface area contributed by atoms with Gasteiger partial charge in [-0.3, -0.25) is 0 Å². The summed E-state index contributed by atoms with van der Waals surface area (Å²) in [5, 5.41) is 0. The molecule has 1 aromatic carbocycles. The highest BCUT2D eigenvalue weighted by molar-refractivity contribution is 6.11. The van der Waals surface area contributed by atoms with Crippen LogP contribution in [0, 0.1) is 0 Å². The first kappa shape index (κ1) is 26.4. The fourth-order valence-electron chi connectivity index (χ4n) is 2.89. The molecule has 0 fully saturated rings. The maximum absolute atomic E-state index is 13.1. The van der Waals surface area contributed by atoms with Crippen LogP contribution < -0.4 is 10.5 Å². The van der Waals surface area contributed by atoms with E-state index in [-0.39, 0.29) is 5.56 Å². The lowest BCUT2D eigenvalue weighted by atomic mass is 9.98. The quantitative estimate of drug-likeness (QED) is 0.427. The Kier molecular flexibility index (Phi) is 10.4. The highest BCUT2D eigenvalue weighted by Gasteiger charge is 2.33. The minimum absolute atomic E-state index is 0.167. The van der Waals surface area contributed by atoms with Crippen molar-refractivity contribution in [2.75, 3.05) is 13.1 Å². The van der Waals surface area contributed by atoms with E-state index in [2.05, 4.69) is 18.6 Å². The normalized spacial score (nSPS) is 17.9. The number of nitrogens with zero attached hydrogens (tertiary/aromatic N) is 1. The van der Waals surface area contributed by atoms with Crippen LogP contribution in [0.3, 0.4) is 0 Å². The fourth-order valence-corrected chi connectivity index (χ4v) is 2.89. The van der Waals surface area contributed by atoms with Crippen molar-refractivity contribution >= 4 is 5.71 Å². The minimum atomic E-state index is -4.67. The second kappa shape index (κ2) is 12.3. The maximum Gasteiger partial charge on any atom is 0.416 e. The van der Waals surface area contributed by atoms with Crippen molar-refractivity contribution in [1.82, 2.24) is 0 Å². The largest absolute Gasteiger partial charge is 0.434 e. The molecular formula is C23H30F5N2O+. The van der Waals surface area contributed by atoms with Crippen molar-refractivity contribution in [2.45, 2.75) is 53.3 Å². The summed E-state index contributed by atoms with van der Waals surface area (Å²) in [6, 6.07) is 2.65. The molecule has 0 unspecified atom stereocenters. The topological polar surface area (TPSA) is 38.3 Å². The molecule has 2 N–H and O–H groups in total. The molecule has 1 aliphatic heterocycles. The third-order valence-corrected chi connectivity index (χ3v) is 4.15. The van der Waals surface area contributed by atoms with Gasteiger partial charge in [0.05, 0.1) is 11.1 Å². The average molecular weight is 445 g/mol. The van der Waals surface area contributed by atoms with E-state index in [4.69, 9.17) is 5.73 Å². The van der Waals surface area contributed by atoms with E-state index in [0.717, 1.165) is 6.07 Å². The number of nitrogens with two attached hydrogens (primary N) is 1. The number of halogens is 5. The van der Waals surface area contributed by atoms with Crippen molar-refractivity contribution in [1.29, 1.82) is 0 Å². The number of rotatable bonds is 5. The van der Waals surface area contributed by atoms with Crippen LogP contribution in [0.5, 0.6) is 5.75 Å². The Bertz CT molecular complexity index is 848. The van der Waals surface area contributed by atoms with E-state index in [1.165, 1.54) is 12.5 Å². The first-order valence-corrected chi connectivity index (χ1v) is 10.1. The number of hydrogen-bond donors (Lipinski definition) is 1. The molecule has 1 aliphatic rings. The van der Waals surface area contributed by atoms with Crippen molar-refractivity contribution in [3.05, 3.63) is 64.9 Å². The molecule has 0 bridgehead atoms. The molecule has 0 aromatic heterocycles. The summed E-state index contributed by atoms with van der Waals surface area (Å²) in [5.41, 5.74) is 6.63. The summed E-state index contributed by atoms with van der Waals surface area (Å²) in [7, 11) is 0. The van der Waals surface area contributed by atoms with Gasteiger partial charge in [0.1, 0.15) is 12.3 Å². The number of alkyl halides is 5. The molecule has 8 heteroatoms. The van der Waals surface area contributed by atoms with Crippen LogP contribution in [-0.2, 0) is 6.18 Å².